The SMILES string of the molecule is CN(C)CC(CSC(c1ccccc1)(c1ccccc1)c1ccccc1)CC(=O)OC(C)(C)C. The smallest absolute Gasteiger partial charge is 0.306 e. The summed E-state index contributed by atoms with van der Waals surface area (Å²) in [5, 5.41) is 0. The van der Waals surface area contributed by atoms with Crippen LogP contribution in [0.15, 0.2) is 91.0 Å². The topological polar surface area (TPSA) is 29.5 Å². The second kappa shape index (κ2) is 11.7. The van der Waals surface area contributed by atoms with Crippen molar-refractivity contribution in [1.29, 1.82) is 0 Å². The Morgan fingerprint density at radius 1 is 0.794 bits per heavy atom. The van der Waals surface area contributed by atoms with Crippen LogP contribution in [0.2, 0.25) is 0 Å². The molecule has 3 aromatic rings. The summed E-state index contributed by atoms with van der Waals surface area (Å²) in [7, 11) is 4.12. The van der Waals surface area contributed by atoms with Gasteiger partial charge in [-0.15, -0.1) is 11.8 Å². The van der Waals surface area contributed by atoms with Gasteiger partial charge in [-0.25, -0.2) is 0 Å². The van der Waals surface area contributed by atoms with Gasteiger partial charge in [-0.05, 0) is 63.2 Å². The molecule has 3 nitrogen and oxygen atoms in total. The van der Waals surface area contributed by atoms with Crippen LogP contribution in [0, 0.1) is 5.92 Å². The first-order valence-electron chi connectivity index (χ1n) is 11.9. The molecule has 180 valence electrons. The first-order chi connectivity index (χ1) is 16.2. The van der Waals surface area contributed by atoms with Crippen LogP contribution >= 0.6 is 11.8 Å². The minimum absolute atomic E-state index is 0.135. The largest absolute Gasteiger partial charge is 0.460 e. The molecule has 3 aromatic carbocycles. The number of benzene rings is 3. The third-order valence-electron chi connectivity index (χ3n) is 5.58. The summed E-state index contributed by atoms with van der Waals surface area (Å²) in [5.41, 5.74) is 3.23. The van der Waals surface area contributed by atoms with Gasteiger partial charge in [0.15, 0.2) is 0 Å². The van der Waals surface area contributed by atoms with Gasteiger partial charge in [0.25, 0.3) is 0 Å². The molecule has 0 aliphatic rings. The predicted octanol–water partition coefficient (Wildman–Crippen LogP) is 6.62. The monoisotopic (exact) mass is 475 g/mol. The first-order valence-corrected chi connectivity index (χ1v) is 12.9. The molecular weight excluding hydrogens is 438 g/mol. The quantitative estimate of drug-likeness (QED) is 0.243. The zero-order chi connectivity index (χ0) is 24.6. The Morgan fingerprint density at radius 3 is 1.56 bits per heavy atom. The van der Waals surface area contributed by atoms with Crippen LogP contribution in [0.25, 0.3) is 0 Å². The lowest BCUT2D eigenvalue weighted by atomic mass is 9.84. The molecule has 0 aliphatic heterocycles. The predicted molar refractivity (Wildman–Crippen MR) is 144 cm³/mol. The van der Waals surface area contributed by atoms with E-state index < -0.39 is 5.60 Å². The molecule has 0 saturated heterocycles. The molecule has 0 aromatic heterocycles. The Kier molecular flexibility index (Phi) is 8.98. The van der Waals surface area contributed by atoms with Crippen molar-refractivity contribution in [1.82, 2.24) is 4.90 Å². The van der Waals surface area contributed by atoms with Crippen LogP contribution in [-0.4, -0.2) is 42.9 Å². The molecule has 0 saturated carbocycles. The number of hydrogen-bond acceptors (Lipinski definition) is 4. The Balaban J connectivity index is 2.01. The third kappa shape index (κ3) is 6.97. The van der Waals surface area contributed by atoms with Crippen molar-refractivity contribution in [2.75, 3.05) is 26.4 Å². The minimum atomic E-state index is -0.477. The van der Waals surface area contributed by atoms with Crippen molar-refractivity contribution < 1.29 is 9.53 Å². The van der Waals surface area contributed by atoms with Gasteiger partial charge in [-0.3, -0.25) is 4.79 Å². The molecule has 0 heterocycles. The lowest BCUT2D eigenvalue weighted by Gasteiger charge is -2.37. The second-order valence-corrected chi connectivity index (χ2v) is 11.2. The second-order valence-electron chi connectivity index (χ2n) is 10.0. The van der Waals surface area contributed by atoms with Gasteiger partial charge in [0.2, 0.25) is 0 Å². The maximum Gasteiger partial charge on any atom is 0.306 e. The first kappa shape index (κ1) is 26.1. The summed E-state index contributed by atoms with van der Waals surface area (Å²) in [5.74, 6) is 0.839. The average Bonchev–Trinajstić information content (AvgIpc) is 2.80. The molecule has 0 bridgehead atoms. The number of thioether (sulfide) groups is 1. The number of nitrogens with zero attached hydrogens (tertiary/aromatic N) is 1. The molecule has 0 aliphatic carbocycles. The van der Waals surface area contributed by atoms with Gasteiger partial charge in [0.05, 0.1) is 11.2 Å². The number of esters is 1. The maximum atomic E-state index is 12.7. The Bertz CT molecular complexity index is 917. The highest BCUT2D eigenvalue weighted by Crippen LogP contribution is 2.49. The van der Waals surface area contributed by atoms with E-state index in [0.717, 1.165) is 12.3 Å². The lowest BCUT2D eigenvalue weighted by molar-refractivity contribution is -0.155. The molecule has 0 N–H and O–H groups in total. The molecule has 1 unspecified atom stereocenters. The third-order valence-corrected chi connectivity index (χ3v) is 7.35. The molecule has 0 fully saturated rings. The van der Waals surface area contributed by atoms with E-state index in [9.17, 15) is 4.79 Å². The minimum Gasteiger partial charge on any atom is -0.460 e. The van der Waals surface area contributed by atoms with E-state index in [1.807, 2.05) is 32.5 Å². The summed E-state index contributed by atoms with van der Waals surface area (Å²) < 4.78 is 5.28. The summed E-state index contributed by atoms with van der Waals surface area (Å²) in [6.45, 7) is 6.59. The Labute approximate surface area is 209 Å². The number of ether oxygens (including phenoxy) is 1. The molecule has 0 radical (unpaired) electrons. The van der Waals surface area contributed by atoms with Crippen molar-refractivity contribution in [3.05, 3.63) is 108 Å². The van der Waals surface area contributed by atoms with Crippen molar-refractivity contribution in [3.63, 3.8) is 0 Å². The fourth-order valence-corrected chi connectivity index (χ4v) is 5.94. The van der Waals surface area contributed by atoms with Crippen LogP contribution in [0.3, 0.4) is 0 Å². The zero-order valence-corrected chi connectivity index (χ0v) is 21.8. The van der Waals surface area contributed by atoms with E-state index in [1.54, 1.807) is 0 Å². The van der Waals surface area contributed by atoms with E-state index in [2.05, 4.69) is 110 Å². The van der Waals surface area contributed by atoms with E-state index in [4.69, 9.17) is 4.74 Å². The van der Waals surface area contributed by atoms with Gasteiger partial charge < -0.3 is 9.64 Å². The van der Waals surface area contributed by atoms with E-state index in [-0.39, 0.29) is 16.6 Å². The fraction of sp³-hybridized carbons (Fsp3) is 0.367. The van der Waals surface area contributed by atoms with Crippen molar-refractivity contribution in [3.8, 4) is 0 Å². The van der Waals surface area contributed by atoms with Gasteiger partial charge in [0, 0.05) is 6.54 Å². The molecule has 4 heteroatoms. The summed E-state index contributed by atoms with van der Waals surface area (Å²) >= 11 is 1.90. The number of hydrogen-bond donors (Lipinski definition) is 0. The summed E-state index contributed by atoms with van der Waals surface area (Å²) in [4.78, 5) is 14.9. The van der Waals surface area contributed by atoms with Crippen molar-refractivity contribution in [2.45, 2.75) is 37.5 Å². The normalized spacial score (nSPS) is 13.0. The van der Waals surface area contributed by atoms with Crippen LogP contribution in [0.5, 0.6) is 0 Å². The highest BCUT2D eigenvalue weighted by Gasteiger charge is 2.37. The van der Waals surface area contributed by atoms with Crippen molar-refractivity contribution in [2.24, 2.45) is 5.92 Å². The van der Waals surface area contributed by atoms with Crippen LogP contribution in [-0.2, 0) is 14.3 Å². The highest BCUT2D eigenvalue weighted by atomic mass is 32.2. The summed E-state index contributed by atoms with van der Waals surface area (Å²) in [6.07, 6.45) is 0.400. The van der Waals surface area contributed by atoms with Crippen LogP contribution in [0.4, 0.5) is 0 Å². The van der Waals surface area contributed by atoms with Gasteiger partial charge in [-0.2, -0.15) is 0 Å². The average molecular weight is 476 g/mol. The standard InChI is InChI=1S/C30H37NO2S/c1-29(2,3)33-28(32)21-24(22-31(4)5)23-34-30(25-15-9-6-10-16-25,26-17-11-7-12-18-26)27-19-13-8-14-20-27/h6-20,24H,21-23H2,1-5H3. The van der Waals surface area contributed by atoms with Gasteiger partial charge in [-0.1, -0.05) is 91.0 Å². The molecular formula is C30H37NO2S. The number of rotatable bonds is 10. The van der Waals surface area contributed by atoms with E-state index >= 15 is 0 Å². The molecule has 0 amide bonds. The lowest BCUT2D eigenvalue weighted by Crippen LogP contribution is -2.32. The molecule has 0 spiro atoms. The maximum absolute atomic E-state index is 12.7. The fourth-order valence-electron chi connectivity index (χ4n) is 4.32. The van der Waals surface area contributed by atoms with Crippen LogP contribution < -0.4 is 0 Å². The highest BCUT2D eigenvalue weighted by molar-refractivity contribution is 8.00. The van der Waals surface area contributed by atoms with Gasteiger partial charge in [0.1, 0.15) is 5.60 Å². The molecule has 34 heavy (non-hydrogen) atoms. The van der Waals surface area contributed by atoms with Crippen LogP contribution in [0.1, 0.15) is 43.9 Å². The van der Waals surface area contributed by atoms with E-state index in [1.165, 1.54) is 16.7 Å². The molecule has 3 rings (SSSR count). The zero-order valence-electron chi connectivity index (χ0n) is 21.0. The molecule has 1 atom stereocenters. The van der Waals surface area contributed by atoms with E-state index in [0.29, 0.717) is 6.42 Å². The summed E-state index contributed by atoms with van der Waals surface area (Å²) in [6, 6.07) is 32.1. The van der Waals surface area contributed by atoms with Gasteiger partial charge >= 0.3 is 5.97 Å². The Hall–Kier alpha value is -2.56. The number of carbonyl (C=O) groups is 1. The number of carbonyl (C=O) groups excluding carboxylic acids is 1. The Morgan fingerprint density at radius 2 is 1.21 bits per heavy atom. The van der Waals surface area contributed by atoms with Crippen molar-refractivity contribution >= 4 is 17.7 Å².